The van der Waals surface area contributed by atoms with Gasteiger partial charge in [0.15, 0.2) is 0 Å². The SMILES string of the molecule is COCc1nc(-c2ccc(OC)c(C)c2)sc1CN. The zero-order valence-electron chi connectivity index (χ0n) is 11.4. The number of nitrogens with zero attached hydrogens (tertiary/aromatic N) is 1. The number of ether oxygens (including phenoxy) is 2. The smallest absolute Gasteiger partial charge is 0.124 e. The molecule has 5 heteroatoms. The monoisotopic (exact) mass is 278 g/mol. The van der Waals surface area contributed by atoms with Crippen LogP contribution in [0.25, 0.3) is 10.6 Å². The molecule has 2 aromatic rings. The molecule has 19 heavy (non-hydrogen) atoms. The van der Waals surface area contributed by atoms with Gasteiger partial charge in [0.05, 0.1) is 19.4 Å². The minimum absolute atomic E-state index is 0.492. The fourth-order valence-corrected chi connectivity index (χ4v) is 2.87. The van der Waals surface area contributed by atoms with E-state index < -0.39 is 0 Å². The van der Waals surface area contributed by atoms with Crippen LogP contribution in [0.4, 0.5) is 0 Å². The summed E-state index contributed by atoms with van der Waals surface area (Å²) in [5, 5.41) is 0.971. The van der Waals surface area contributed by atoms with E-state index in [-0.39, 0.29) is 0 Å². The number of aryl methyl sites for hydroxylation is 1. The Hall–Kier alpha value is -1.43. The Morgan fingerprint density at radius 1 is 1.32 bits per heavy atom. The van der Waals surface area contributed by atoms with Crippen molar-refractivity contribution in [2.45, 2.75) is 20.1 Å². The molecule has 102 valence electrons. The molecule has 4 nitrogen and oxygen atoms in total. The van der Waals surface area contributed by atoms with Crippen LogP contribution < -0.4 is 10.5 Å². The normalized spacial score (nSPS) is 10.7. The van der Waals surface area contributed by atoms with Gasteiger partial charge in [0.1, 0.15) is 10.8 Å². The number of rotatable bonds is 5. The van der Waals surface area contributed by atoms with E-state index in [1.165, 1.54) is 0 Å². The van der Waals surface area contributed by atoms with Crippen LogP contribution in [0.5, 0.6) is 5.75 Å². The highest BCUT2D eigenvalue weighted by Crippen LogP contribution is 2.31. The molecule has 0 aliphatic rings. The summed E-state index contributed by atoms with van der Waals surface area (Å²) in [6.07, 6.45) is 0. The molecule has 1 aromatic heterocycles. The van der Waals surface area contributed by atoms with Gasteiger partial charge in [-0.1, -0.05) is 0 Å². The predicted molar refractivity (Wildman–Crippen MR) is 77.4 cm³/mol. The van der Waals surface area contributed by atoms with Crippen LogP contribution in [-0.2, 0) is 17.9 Å². The van der Waals surface area contributed by atoms with Crippen molar-refractivity contribution < 1.29 is 9.47 Å². The molecule has 0 saturated heterocycles. The average molecular weight is 278 g/mol. The van der Waals surface area contributed by atoms with Crippen LogP contribution in [0.1, 0.15) is 16.1 Å². The van der Waals surface area contributed by atoms with E-state index in [0.29, 0.717) is 13.2 Å². The number of thiazole rings is 1. The maximum atomic E-state index is 5.74. The summed E-state index contributed by atoms with van der Waals surface area (Å²) in [5.41, 5.74) is 8.85. The molecule has 2 N–H and O–H groups in total. The van der Waals surface area contributed by atoms with E-state index in [0.717, 1.165) is 32.5 Å². The first kappa shape index (κ1) is 14.0. The van der Waals surface area contributed by atoms with Gasteiger partial charge in [-0.25, -0.2) is 4.98 Å². The fraction of sp³-hybridized carbons (Fsp3) is 0.357. The summed E-state index contributed by atoms with van der Waals surface area (Å²) >= 11 is 1.62. The van der Waals surface area contributed by atoms with Crippen LogP contribution in [-0.4, -0.2) is 19.2 Å². The lowest BCUT2D eigenvalue weighted by molar-refractivity contribution is 0.181. The van der Waals surface area contributed by atoms with Crippen LogP contribution in [0.15, 0.2) is 18.2 Å². The highest BCUT2D eigenvalue weighted by atomic mass is 32.1. The number of hydrogen-bond acceptors (Lipinski definition) is 5. The Morgan fingerprint density at radius 3 is 2.68 bits per heavy atom. The van der Waals surface area contributed by atoms with Crippen molar-refractivity contribution in [3.8, 4) is 16.3 Å². The first-order valence-electron chi connectivity index (χ1n) is 6.02. The van der Waals surface area contributed by atoms with Gasteiger partial charge in [-0.2, -0.15) is 0 Å². The minimum atomic E-state index is 0.492. The molecule has 2 rings (SSSR count). The number of methoxy groups -OCH3 is 2. The van der Waals surface area contributed by atoms with Gasteiger partial charge in [0.25, 0.3) is 0 Å². The number of hydrogen-bond donors (Lipinski definition) is 1. The molecule has 0 fully saturated rings. The van der Waals surface area contributed by atoms with Crippen LogP contribution in [0, 0.1) is 6.92 Å². The third kappa shape index (κ3) is 2.94. The Kier molecular flexibility index (Phi) is 4.52. The summed E-state index contributed by atoms with van der Waals surface area (Å²) in [5.74, 6) is 0.886. The number of benzene rings is 1. The van der Waals surface area contributed by atoms with E-state index >= 15 is 0 Å². The van der Waals surface area contributed by atoms with Crippen molar-refractivity contribution in [2.24, 2.45) is 5.73 Å². The zero-order valence-corrected chi connectivity index (χ0v) is 12.2. The molecule has 1 heterocycles. The maximum Gasteiger partial charge on any atom is 0.124 e. The van der Waals surface area contributed by atoms with Gasteiger partial charge < -0.3 is 15.2 Å². The molecular weight excluding hydrogens is 260 g/mol. The molecule has 0 aliphatic carbocycles. The highest BCUT2D eigenvalue weighted by molar-refractivity contribution is 7.15. The average Bonchev–Trinajstić information content (AvgIpc) is 2.82. The van der Waals surface area contributed by atoms with Gasteiger partial charge in [-0.15, -0.1) is 11.3 Å². The second-order valence-electron chi connectivity index (χ2n) is 4.21. The topological polar surface area (TPSA) is 57.4 Å². The molecule has 0 amide bonds. The largest absolute Gasteiger partial charge is 0.496 e. The third-order valence-electron chi connectivity index (χ3n) is 2.89. The summed E-state index contributed by atoms with van der Waals surface area (Å²) in [6.45, 7) is 3.01. The predicted octanol–water partition coefficient (Wildman–Crippen LogP) is 2.73. The van der Waals surface area contributed by atoms with Crippen molar-refractivity contribution >= 4 is 11.3 Å². The first-order chi connectivity index (χ1) is 9.19. The maximum absolute atomic E-state index is 5.74. The Labute approximate surface area is 117 Å². The van der Waals surface area contributed by atoms with Gasteiger partial charge in [-0.3, -0.25) is 0 Å². The minimum Gasteiger partial charge on any atom is -0.496 e. The van der Waals surface area contributed by atoms with E-state index in [9.17, 15) is 0 Å². The number of nitrogens with two attached hydrogens (primary N) is 1. The summed E-state index contributed by atoms with van der Waals surface area (Å²) in [6, 6.07) is 6.06. The molecule has 0 unspecified atom stereocenters. The van der Waals surface area contributed by atoms with Crippen LogP contribution in [0.2, 0.25) is 0 Å². The molecule has 0 spiro atoms. The van der Waals surface area contributed by atoms with Crippen molar-refractivity contribution in [3.63, 3.8) is 0 Å². The van der Waals surface area contributed by atoms with Crippen LogP contribution >= 0.6 is 11.3 Å². The van der Waals surface area contributed by atoms with Gasteiger partial charge in [0, 0.05) is 24.1 Å². The molecule has 0 bridgehead atoms. The van der Waals surface area contributed by atoms with Crippen molar-refractivity contribution in [2.75, 3.05) is 14.2 Å². The molecule has 0 aliphatic heterocycles. The van der Waals surface area contributed by atoms with E-state index in [2.05, 4.69) is 11.1 Å². The summed E-state index contributed by atoms with van der Waals surface area (Å²) in [7, 11) is 3.34. The van der Waals surface area contributed by atoms with Gasteiger partial charge in [0.2, 0.25) is 0 Å². The van der Waals surface area contributed by atoms with E-state index in [1.807, 2.05) is 19.1 Å². The van der Waals surface area contributed by atoms with Crippen LogP contribution in [0.3, 0.4) is 0 Å². The standard InChI is InChI=1S/C14H18N2O2S/c1-9-6-10(4-5-12(9)18-3)14-16-11(8-17-2)13(7-15)19-14/h4-6H,7-8,15H2,1-3H3. The van der Waals surface area contributed by atoms with Crippen molar-refractivity contribution in [3.05, 3.63) is 34.3 Å². The zero-order chi connectivity index (χ0) is 13.8. The lowest BCUT2D eigenvalue weighted by Gasteiger charge is -2.05. The molecule has 1 aromatic carbocycles. The van der Waals surface area contributed by atoms with Gasteiger partial charge >= 0.3 is 0 Å². The second-order valence-corrected chi connectivity index (χ2v) is 5.29. The second kappa shape index (κ2) is 6.14. The lowest BCUT2D eigenvalue weighted by Crippen LogP contribution is -1.99. The van der Waals surface area contributed by atoms with Crippen molar-refractivity contribution in [1.82, 2.24) is 4.98 Å². The van der Waals surface area contributed by atoms with E-state index in [1.54, 1.807) is 25.6 Å². The molecule has 0 radical (unpaired) electrons. The quantitative estimate of drug-likeness (QED) is 0.913. The molecular formula is C14H18N2O2S. The molecule has 0 saturated carbocycles. The number of aromatic nitrogens is 1. The van der Waals surface area contributed by atoms with E-state index in [4.69, 9.17) is 15.2 Å². The third-order valence-corrected chi connectivity index (χ3v) is 4.06. The van der Waals surface area contributed by atoms with Crippen molar-refractivity contribution in [1.29, 1.82) is 0 Å². The first-order valence-corrected chi connectivity index (χ1v) is 6.83. The fourth-order valence-electron chi connectivity index (χ4n) is 1.93. The highest BCUT2D eigenvalue weighted by Gasteiger charge is 2.12. The Balaban J connectivity index is 2.38. The summed E-state index contributed by atoms with van der Waals surface area (Å²) < 4.78 is 10.4. The van der Waals surface area contributed by atoms with Gasteiger partial charge in [-0.05, 0) is 30.7 Å². The Bertz CT molecular complexity index is 567. The Morgan fingerprint density at radius 2 is 2.11 bits per heavy atom. The lowest BCUT2D eigenvalue weighted by atomic mass is 10.1. The summed E-state index contributed by atoms with van der Waals surface area (Å²) in [4.78, 5) is 5.68. The molecule has 0 atom stereocenters.